The zero-order valence-electron chi connectivity index (χ0n) is 10.2. The highest BCUT2D eigenvalue weighted by Gasteiger charge is 2.11. The number of anilines is 2. The number of nitrogen functional groups attached to an aromatic ring is 2. The molecule has 1 heterocycles. The number of aromatic nitrogens is 1. The van der Waals surface area contributed by atoms with Gasteiger partial charge in [0, 0.05) is 11.3 Å². The van der Waals surface area contributed by atoms with Crippen LogP contribution in [0.4, 0.5) is 11.6 Å². The molecule has 2 rings (SSSR count). The van der Waals surface area contributed by atoms with E-state index in [2.05, 4.69) is 11.6 Å². The summed E-state index contributed by atoms with van der Waals surface area (Å²) in [6, 6.07) is 11.0. The summed E-state index contributed by atoms with van der Waals surface area (Å²) in [6.45, 7) is 3.67. The van der Waals surface area contributed by atoms with Gasteiger partial charge in [-0.25, -0.2) is 4.98 Å². The number of rotatable bonds is 2. The second-order valence-corrected chi connectivity index (χ2v) is 4.07. The Bertz CT molecular complexity index is 680. The van der Waals surface area contributed by atoms with Crippen LogP contribution in [0, 0.1) is 11.3 Å². The van der Waals surface area contributed by atoms with Gasteiger partial charge in [0.1, 0.15) is 23.3 Å². The lowest BCUT2D eigenvalue weighted by molar-refractivity contribution is 1.32. The number of nitriles is 1. The van der Waals surface area contributed by atoms with E-state index in [0.29, 0.717) is 16.8 Å². The van der Waals surface area contributed by atoms with E-state index in [1.807, 2.05) is 30.3 Å². The molecule has 2 aromatic rings. The van der Waals surface area contributed by atoms with Crippen molar-refractivity contribution >= 4 is 17.3 Å². The molecule has 0 saturated carbocycles. The minimum absolute atomic E-state index is 0.129. The topological polar surface area (TPSA) is 115 Å². The first-order valence-corrected chi connectivity index (χ1v) is 5.54. The SMILES string of the molecule is C=C(N)c1ccc(-c2cc(N)nc(N)c2C#N)cc1. The summed E-state index contributed by atoms with van der Waals surface area (Å²) in [4.78, 5) is 3.88. The van der Waals surface area contributed by atoms with Gasteiger partial charge in [-0.05, 0) is 17.2 Å². The number of pyridine rings is 1. The van der Waals surface area contributed by atoms with Crippen LogP contribution in [0.25, 0.3) is 16.8 Å². The third-order valence-electron chi connectivity index (χ3n) is 2.75. The van der Waals surface area contributed by atoms with Crippen LogP contribution in [0.3, 0.4) is 0 Å². The molecule has 1 aromatic carbocycles. The molecule has 0 amide bonds. The van der Waals surface area contributed by atoms with E-state index in [4.69, 9.17) is 22.5 Å². The van der Waals surface area contributed by atoms with Gasteiger partial charge in [-0.3, -0.25) is 0 Å². The van der Waals surface area contributed by atoms with Crippen molar-refractivity contribution in [3.05, 3.63) is 48.0 Å². The van der Waals surface area contributed by atoms with Crippen molar-refractivity contribution in [2.24, 2.45) is 5.73 Å². The van der Waals surface area contributed by atoms with Crippen molar-refractivity contribution in [1.29, 1.82) is 5.26 Å². The molecule has 0 aliphatic rings. The molecule has 1 aromatic heterocycles. The lowest BCUT2D eigenvalue weighted by Crippen LogP contribution is -2.01. The van der Waals surface area contributed by atoms with Gasteiger partial charge >= 0.3 is 0 Å². The molecule has 19 heavy (non-hydrogen) atoms. The van der Waals surface area contributed by atoms with Gasteiger partial charge in [-0.2, -0.15) is 5.26 Å². The Morgan fingerprint density at radius 2 is 1.84 bits per heavy atom. The first-order chi connectivity index (χ1) is 9.02. The van der Waals surface area contributed by atoms with E-state index in [1.54, 1.807) is 6.07 Å². The summed E-state index contributed by atoms with van der Waals surface area (Å²) in [7, 11) is 0. The molecule has 0 unspecified atom stereocenters. The summed E-state index contributed by atoms with van der Waals surface area (Å²) in [5.41, 5.74) is 20.1. The van der Waals surface area contributed by atoms with Crippen LogP contribution in [0.2, 0.25) is 0 Å². The third-order valence-corrected chi connectivity index (χ3v) is 2.75. The van der Waals surface area contributed by atoms with E-state index in [1.165, 1.54) is 0 Å². The highest BCUT2D eigenvalue weighted by Crippen LogP contribution is 2.28. The minimum atomic E-state index is 0.129. The molecule has 0 aliphatic carbocycles. The van der Waals surface area contributed by atoms with Gasteiger partial charge < -0.3 is 17.2 Å². The first-order valence-electron chi connectivity index (χ1n) is 5.54. The molecule has 0 spiro atoms. The van der Waals surface area contributed by atoms with Crippen LogP contribution in [0.1, 0.15) is 11.1 Å². The monoisotopic (exact) mass is 251 g/mol. The maximum Gasteiger partial charge on any atom is 0.144 e. The summed E-state index contributed by atoms with van der Waals surface area (Å²) in [5.74, 6) is 0.406. The minimum Gasteiger partial charge on any atom is -0.399 e. The molecule has 5 nitrogen and oxygen atoms in total. The Kier molecular flexibility index (Phi) is 3.08. The Balaban J connectivity index is 2.59. The van der Waals surface area contributed by atoms with Crippen molar-refractivity contribution in [3.8, 4) is 17.2 Å². The molecule has 0 saturated heterocycles. The van der Waals surface area contributed by atoms with Crippen molar-refractivity contribution in [1.82, 2.24) is 4.98 Å². The summed E-state index contributed by atoms with van der Waals surface area (Å²) in [6.07, 6.45) is 0. The van der Waals surface area contributed by atoms with Crippen LogP contribution < -0.4 is 17.2 Å². The molecule has 0 aliphatic heterocycles. The maximum atomic E-state index is 9.15. The lowest BCUT2D eigenvalue weighted by atomic mass is 9.99. The molecular formula is C14H13N5. The normalized spacial score (nSPS) is 9.84. The highest BCUT2D eigenvalue weighted by atomic mass is 14.9. The Morgan fingerprint density at radius 1 is 1.21 bits per heavy atom. The van der Waals surface area contributed by atoms with Crippen molar-refractivity contribution < 1.29 is 0 Å². The zero-order chi connectivity index (χ0) is 14.0. The molecule has 0 bridgehead atoms. The van der Waals surface area contributed by atoms with Crippen LogP contribution in [0.15, 0.2) is 36.9 Å². The summed E-state index contributed by atoms with van der Waals surface area (Å²) in [5, 5.41) is 9.15. The van der Waals surface area contributed by atoms with Crippen LogP contribution >= 0.6 is 0 Å². The molecule has 94 valence electrons. The van der Waals surface area contributed by atoms with Crippen LogP contribution in [-0.4, -0.2) is 4.98 Å². The predicted molar refractivity (Wildman–Crippen MR) is 76.4 cm³/mol. The van der Waals surface area contributed by atoms with Gasteiger partial charge in [0.15, 0.2) is 0 Å². The average molecular weight is 251 g/mol. The fourth-order valence-electron chi connectivity index (χ4n) is 1.79. The summed E-state index contributed by atoms with van der Waals surface area (Å²) < 4.78 is 0. The van der Waals surface area contributed by atoms with E-state index >= 15 is 0 Å². The molecule has 6 N–H and O–H groups in total. The molecule has 0 radical (unpaired) electrons. The standard InChI is InChI=1S/C14H13N5/c1-8(16)9-2-4-10(5-3-9)11-6-13(17)19-14(18)12(11)7-15/h2-6H,1,16H2,(H4,17,18,19). The fourth-order valence-corrected chi connectivity index (χ4v) is 1.79. The number of nitrogens with two attached hydrogens (primary N) is 3. The van der Waals surface area contributed by atoms with Gasteiger partial charge in [0.25, 0.3) is 0 Å². The fraction of sp³-hybridized carbons (Fsp3) is 0. The number of hydrogen-bond acceptors (Lipinski definition) is 5. The quantitative estimate of drug-likeness (QED) is 0.751. The second kappa shape index (κ2) is 4.70. The highest BCUT2D eigenvalue weighted by molar-refractivity contribution is 5.78. The first kappa shape index (κ1) is 12.5. The number of hydrogen-bond donors (Lipinski definition) is 3. The molecule has 0 atom stereocenters. The average Bonchev–Trinajstić information content (AvgIpc) is 2.38. The Labute approximate surface area is 111 Å². The van der Waals surface area contributed by atoms with Crippen molar-refractivity contribution in [3.63, 3.8) is 0 Å². The molecule has 5 heteroatoms. The van der Waals surface area contributed by atoms with Crippen molar-refractivity contribution in [2.75, 3.05) is 11.5 Å². The van der Waals surface area contributed by atoms with Crippen LogP contribution in [-0.2, 0) is 0 Å². The third kappa shape index (κ3) is 2.33. The van der Waals surface area contributed by atoms with E-state index in [-0.39, 0.29) is 11.6 Å². The van der Waals surface area contributed by atoms with Gasteiger partial charge in [0.2, 0.25) is 0 Å². The van der Waals surface area contributed by atoms with E-state index in [9.17, 15) is 0 Å². The van der Waals surface area contributed by atoms with Crippen molar-refractivity contribution in [2.45, 2.75) is 0 Å². The molecule has 0 fully saturated rings. The Hall–Kier alpha value is -3.00. The van der Waals surface area contributed by atoms with Gasteiger partial charge in [-0.15, -0.1) is 0 Å². The Morgan fingerprint density at radius 3 is 2.37 bits per heavy atom. The predicted octanol–water partition coefficient (Wildman–Crippen LogP) is 1.71. The summed E-state index contributed by atoms with van der Waals surface area (Å²) >= 11 is 0. The van der Waals surface area contributed by atoms with Crippen LogP contribution in [0.5, 0.6) is 0 Å². The number of benzene rings is 1. The largest absolute Gasteiger partial charge is 0.399 e. The second-order valence-electron chi connectivity index (χ2n) is 4.07. The zero-order valence-corrected chi connectivity index (χ0v) is 10.2. The van der Waals surface area contributed by atoms with E-state index < -0.39 is 0 Å². The van der Waals surface area contributed by atoms with Gasteiger partial charge in [-0.1, -0.05) is 30.8 Å². The number of nitrogens with zero attached hydrogens (tertiary/aromatic N) is 2. The van der Waals surface area contributed by atoms with E-state index in [0.717, 1.165) is 11.1 Å². The molecular weight excluding hydrogens is 238 g/mol. The lowest BCUT2D eigenvalue weighted by Gasteiger charge is -2.08. The smallest absolute Gasteiger partial charge is 0.144 e. The maximum absolute atomic E-state index is 9.15. The van der Waals surface area contributed by atoms with Gasteiger partial charge in [0.05, 0.1) is 0 Å².